The smallest absolute Gasteiger partial charge is 0.307 e. The summed E-state index contributed by atoms with van der Waals surface area (Å²) in [5.74, 6) is 1.20. The number of aryl methyl sites for hydroxylation is 1. The first kappa shape index (κ1) is 20.9. The highest BCUT2D eigenvalue weighted by molar-refractivity contribution is 6.04. The number of para-hydroxylation sites is 1. The van der Waals surface area contributed by atoms with Crippen LogP contribution in [0.5, 0.6) is 5.75 Å². The standard InChI is InChI=1S/C27H24N6O3/c1-31-12-18-16(5-3-7-21(18)29-31)25-17-6-4-8-22(36-2)26(17)33(30-25)15-9-10-23(28-11-15)32-13-19-20(14-32)24(19)27(34)35/h3-12,19-20,24H,13-14H2,1-2H3,(H,34,35). The number of pyridine rings is 1. The summed E-state index contributed by atoms with van der Waals surface area (Å²) in [7, 11) is 3.58. The number of rotatable bonds is 5. The summed E-state index contributed by atoms with van der Waals surface area (Å²) in [6.45, 7) is 1.48. The van der Waals surface area contributed by atoms with E-state index in [4.69, 9.17) is 14.8 Å². The zero-order valence-corrected chi connectivity index (χ0v) is 19.9. The summed E-state index contributed by atoms with van der Waals surface area (Å²) in [6.07, 6.45) is 3.84. The number of aromatic nitrogens is 5. The molecule has 0 spiro atoms. The van der Waals surface area contributed by atoms with Gasteiger partial charge in [0.25, 0.3) is 0 Å². The molecule has 0 amide bonds. The fraction of sp³-hybridized carbons (Fsp3) is 0.259. The molecule has 2 unspecified atom stereocenters. The van der Waals surface area contributed by atoms with Gasteiger partial charge in [0.2, 0.25) is 0 Å². The lowest BCUT2D eigenvalue weighted by atomic mass is 10.0. The second kappa shape index (κ2) is 7.55. The van der Waals surface area contributed by atoms with Gasteiger partial charge in [-0.25, -0.2) is 9.67 Å². The van der Waals surface area contributed by atoms with Crippen molar-refractivity contribution in [1.82, 2.24) is 24.5 Å². The van der Waals surface area contributed by atoms with Gasteiger partial charge in [-0.3, -0.25) is 9.48 Å². The molecule has 2 atom stereocenters. The minimum atomic E-state index is -0.676. The van der Waals surface area contributed by atoms with E-state index in [9.17, 15) is 9.90 Å². The van der Waals surface area contributed by atoms with Gasteiger partial charge in [-0.1, -0.05) is 24.3 Å². The number of aliphatic carboxylic acids is 1. The van der Waals surface area contributed by atoms with E-state index in [1.54, 1.807) is 7.11 Å². The second-order valence-corrected chi connectivity index (χ2v) is 9.63. The number of piperidine rings is 1. The summed E-state index contributed by atoms with van der Waals surface area (Å²) in [6, 6.07) is 16.0. The fourth-order valence-corrected chi connectivity index (χ4v) is 5.82. The maximum absolute atomic E-state index is 11.3. The monoisotopic (exact) mass is 480 g/mol. The van der Waals surface area contributed by atoms with Gasteiger partial charge in [-0.2, -0.15) is 10.2 Å². The third kappa shape index (κ3) is 3.02. The molecule has 1 saturated carbocycles. The average Bonchev–Trinajstić information content (AvgIpc) is 3.23. The lowest BCUT2D eigenvalue weighted by Crippen LogP contribution is -2.26. The fourth-order valence-electron chi connectivity index (χ4n) is 5.82. The minimum absolute atomic E-state index is 0.189. The average molecular weight is 481 g/mol. The van der Waals surface area contributed by atoms with Crippen LogP contribution in [0.2, 0.25) is 0 Å². The molecule has 2 fully saturated rings. The Morgan fingerprint density at radius 2 is 1.83 bits per heavy atom. The third-order valence-corrected chi connectivity index (χ3v) is 7.59. The molecule has 0 radical (unpaired) electrons. The third-order valence-electron chi connectivity index (χ3n) is 7.59. The predicted octanol–water partition coefficient (Wildman–Crippen LogP) is 3.75. The van der Waals surface area contributed by atoms with Crippen molar-refractivity contribution in [3.05, 3.63) is 60.9 Å². The van der Waals surface area contributed by atoms with Crippen LogP contribution in [0.3, 0.4) is 0 Å². The van der Waals surface area contributed by atoms with Crippen LogP contribution in [0.15, 0.2) is 60.9 Å². The van der Waals surface area contributed by atoms with Crippen LogP contribution in [-0.2, 0) is 11.8 Å². The van der Waals surface area contributed by atoms with Gasteiger partial charge < -0.3 is 14.7 Å². The Labute approximate surface area is 206 Å². The molecule has 5 aromatic rings. The number of nitrogens with zero attached hydrogens (tertiary/aromatic N) is 6. The van der Waals surface area contributed by atoms with Gasteiger partial charge >= 0.3 is 5.97 Å². The maximum atomic E-state index is 11.3. The van der Waals surface area contributed by atoms with Gasteiger partial charge in [-0.15, -0.1) is 0 Å². The molecule has 9 heteroatoms. The Hall–Kier alpha value is -4.40. The normalized spacial score (nSPS) is 20.7. The van der Waals surface area contributed by atoms with E-state index in [-0.39, 0.29) is 17.8 Å². The van der Waals surface area contributed by atoms with E-state index >= 15 is 0 Å². The van der Waals surface area contributed by atoms with Crippen LogP contribution in [0.1, 0.15) is 0 Å². The van der Waals surface area contributed by atoms with Crippen molar-refractivity contribution in [1.29, 1.82) is 0 Å². The first-order valence-electron chi connectivity index (χ1n) is 12.0. The molecule has 3 aromatic heterocycles. The number of hydrogen-bond acceptors (Lipinski definition) is 6. The van der Waals surface area contributed by atoms with Gasteiger partial charge in [-0.05, 0) is 36.1 Å². The van der Waals surface area contributed by atoms with Crippen LogP contribution in [0.25, 0.3) is 38.8 Å². The topological polar surface area (TPSA) is 98.3 Å². The Kier molecular flexibility index (Phi) is 4.39. The number of benzene rings is 2. The number of ether oxygens (including phenoxy) is 1. The van der Waals surface area contributed by atoms with Gasteiger partial charge in [0.05, 0.1) is 30.4 Å². The van der Waals surface area contributed by atoms with Crippen LogP contribution < -0.4 is 9.64 Å². The van der Waals surface area contributed by atoms with E-state index in [1.807, 2.05) is 65.2 Å². The quantitative estimate of drug-likeness (QED) is 0.409. The van der Waals surface area contributed by atoms with E-state index in [0.29, 0.717) is 0 Å². The molecule has 1 N–H and O–H groups in total. The Morgan fingerprint density at radius 3 is 2.56 bits per heavy atom. The molecule has 180 valence electrons. The summed E-state index contributed by atoms with van der Waals surface area (Å²) in [5, 5.41) is 20.9. The Morgan fingerprint density at radius 1 is 1.03 bits per heavy atom. The lowest BCUT2D eigenvalue weighted by Gasteiger charge is -2.20. The molecule has 2 aromatic carbocycles. The van der Waals surface area contributed by atoms with Crippen molar-refractivity contribution < 1.29 is 14.6 Å². The first-order valence-corrected chi connectivity index (χ1v) is 12.0. The molecule has 1 saturated heterocycles. The first-order chi connectivity index (χ1) is 17.5. The van der Waals surface area contributed by atoms with Gasteiger partial charge in [0.15, 0.2) is 0 Å². The van der Waals surface area contributed by atoms with Crippen LogP contribution >= 0.6 is 0 Å². The number of carboxylic acid groups (broad SMARTS) is 1. The Balaban J connectivity index is 1.30. The molecule has 0 bridgehead atoms. The summed E-state index contributed by atoms with van der Waals surface area (Å²) < 4.78 is 9.43. The number of methoxy groups -OCH3 is 1. The largest absolute Gasteiger partial charge is 0.494 e. The number of anilines is 1. The molecule has 4 heterocycles. The van der Waals surface area contributed by atoms with Gasteiger partial charge in [0, 0.05) is 42.7 Å². The molecule has 36 heavy (non-hydrogen) atoms. The predicted molar refractivity (Wildman–Crippen MR) is 135 cm³/mol. The van der Waals surface area contributed by atoms with Crippen molar-refractivity contribution in [2.75, 3.05) is 25.1 Å². The molecule has 7 rings (SSSR count). The van der Waals surface area contributed by atoms with Crippen molar-refractivity contribution in [2.45, 2.75) is 0 Å². The zero-order chi connectivity index (χ0) is 24.6. The number of carboxylic acids is 1. The van der Waals surface area contributed by atoms with E-state index in [1.165, 1.54) is 0 Å². The van der Waals surface area contributed by atoms with E-state index < -0.39 is 5.97 Å². The number of hydrogen-bond donors (Lipinski definition) is 1. The van der Waals surface area contributed by atoms with Crippen molar-refractivity contribution in [3.63, 3.8) is 0 Å². The minimum Gasteiger partial charge on any atom is -0.494 e. The second-order valence-electron chi connectivity index (χ2n) is 9.63. The highest BCUT2D eigenvalue weighted by atomic mass is 16.5. The SMILES string of the molecule is COc1cccc2c(-c3cccc4nn(C)cc34)nn(-c3ccc(N4CC5C(C4)C5C(=O)O)nc3)c12. The summed E-state index contributed by atoms with van der Waals surface area (Å²) in [5.41, 5.74) is 4.47. The Bertz CT molecular complexity index is 1640. The van der Waals surface area contributed by atoms with Crippen molar-refractivity contribution in [3.8, 4) is 22.7 Å². The van der Waals surface area contributed by atoms with Crippen LogP contribution in [0.4, 0.5) is 5.82 Å². The highest BCUT2D eigenvalue weighted by Crippen LogP contribution is 2.52. The van der Waals surface area contributed by atoms with Crippen LogP contribution in [-0.4, -0.2) is 55.8 Å². The number of fused-ring (bicyclic) bond motifs is 3. The van der Waals surface area contributed by atoms with Crippen molar-refractivity contribution in [2.24, 2.45) is 24.8 Å². The van der Waals surface area contributed by atoms with Crippen LogP contribution in [0, 0.1) is 17.8 Å². The molecular weight excluding hydrogens is 456 g/mol. The molecule has 1 aliphatic carbocycles. The summed E-state index contributed by atoms with van der Waals surface area (Å²) in [4.78, 5) is 18.2. The zero-order valence-electron chi connectivity index (χ0n) is 19.9. The van der Waals surface area contributed by atoms with E-state index in [2.05, 4.69) is 22.1 Å². The van der Waals surface area contributed by atoms with Gasteiger partial charge in [0.1, 0.15) is 22.8 Å². The maximum Gasteiger partial charge on any atom is 0.307 e. The molecular formula is C27H24N6O3. The molecule has 2 aliphatic rings. The lowest BCUT2D eigenvalue weighted by molar-refractivity contribution is -0.139. The highest BCUT2D eigenvalue weighted by Gasteiger charge is 2.60. The van der Waals surface area contributed by atoms with Crippen molar-refractivity contribution >= 4 is 33.6 Å². The number of carbonyl (C=O) groups is 1. The molecule has 1 aliphatic heterocycles. The molecule has 9 nitrogen and oxygen atoms in total. The summed E-state index contributed by atoms with van der Waals surface area (Å²) >= 11 is 0. The van der Waals surface area contributed by atoms with E-state index in [0.717, 1.165) is 63.4 Å².